The van der Waals surface area contributed by atoms with E-state index in [9.17, 15) is 35.9 Å². The van der Waals surface area contributed by atoms with Gasteiger partial charge in [-0.25, -0.2) is 0 Å². The highest BCUT2D eigenvalue weighted by Crippen LogP contribution is 2.38. The normalized spacial score (nSPS) is 13.2. The molecule has 12 heteroatoms. The van der Waals surface area contributed by atoms with E-state index in [-0.39, 0.29) is 31.8 Å². The molecule has 0 spiro atoms. The number of carbonyl (C=O) groups is 2. The summed E-state index contributed by atoms with van der Waals surface area (Å²) in [4.78, 5) is 23.7. The fraction of sp³-hybridized carbons (Fsp3) is 0.273. The molecule has 0 aromatic heterocycles. The molecule has 1 atom stereocenters. The smallest absolute Gasteiger partial charge is 0.347 e. The third-order valence-electron chi connectivity index (χ3n) is 4.44. The van der Waals surface area contributed by atoms with Gasteiger partial charge in [0, 0.05) is 28.5 Å². The van der Waals surface area contributed by atoms with Crippen LogP contribution < -0.4 is 5.32 Å². The summed E-state index contributed by atoms with van der Waals surface area (Å²) < 4.78 is 77.1. The van der Waals surface area contributed by atoms with Crippen LogP contribution in [0.5, 0.6) is 0 Å². The van der Waals surface area contributed by atoms with E-state index >= 15 is 0 Å². The standard InChI is InChI=1S/C22H16Cl3F6NO2/c23-14-8-13(9-15(24)10-14)17(22(29,30)31)4-2-12-1-3-16(18(25)7-12)19(33)5-6-20(34)32-11-21(26,27)28/h1-4,7-10,17H,5-6,11H2,(H,32,34)/b4-2+. The Balaban J connectivity index is 2.12. The molecule has 184 valence electrons. The van der Waals surface area contributed by atoms with Gasteiger partial charge in [-0.1, -0.05) is 53.0 Å². The number of Topliss-reactive ketones (excluding diaryl/α,β-unsaturated/α-hetero) is 1. The first-order valence-corrected chi connectivity index (χ1v) is 10.7. The summed E-state index contributed by atoms with van der Waals surface area (Å²) in [5.74, 6) is -3.58. The number of benzene rings is 2. The molecule has 0 aliphatic heterocycles. The summed E-state index contributed by atoms with van der Waals surface area (Å²) >= 11 is 17.7. The third-order valence-corrected chi connectivity index (χ3v) is 5.19. The van der Waals surface area contributed by atoms with E-state index in [1.807, 2.05) is 0 Å². The number of halogens is 9. The van der Waals surface area contributed by atoms with Crippen LogP contribution in [0.25, 0.3) is 6.08 Å². The minimum absolute atomic E-state index is 0.0172. The van der Waals surface area contributed by atoms with E-state index in [0.717, 1.165) is 24.3 Å². The highest BCUT2D eigenvalue weighted by molar-refractivity contribution is 6.35. The zero-order valence-electron chi connectivity index (χ0n) is 17.0. The van der Waals surface area contributed by atoms with Crippen molar-refractivity contribution in [2.75, 3.05) is 6.54 Å². The molecule has 0 saturated heterocycles. The van der Waals surface area contributed by atoms with Crippen LogP contribution in [0.4, 0.5) is 26.3 Å². The second kappa shape index (κ2) is 11.5. The molecular formula is C22H16Cl3F6NO2. The monoisotopic (exact) mass is 545 g/mol. The van der Waals surface area contributed by atoms with Crippen molar-refractivity contribution in [3.05, 3.63) is 74.2 Å². The fourth-order valence-corrected chi connectivity index (χ4v) is 3.72. The number of nitrogens with one attached hydrogen (secondary N) is 1. The van der Waals surface area contributed by atoms with Gasteiger partial charge in [0.1, 0.15) is 6.54 Å². The molecule has 34 heavy (non-hydrogen) atoms. The number of rotatable bonds is 8. The number of allylic oxidation sites excluding steroid dienone is 1. The molecule has 0 heterocycles. The van der Waals surface area contributed by atoms with Crippen molar-refractivity contribution in [1.82, 2.24) is 5.32 Å². The quantitative estimate of drug-likeness (QED) is 0.273. The molecule has 2 rings (SSSR count). The van der Waals surface area contributed by atoms with Crippen molar-refractivity contribution in [3.8, 4) is 0 Å². The van der Waals surface area contributed by atoms with Crippen LogP contribution in [0.3, 0.4) is 0 Å². The van der Waals surface area contributed by atoms with Crippen LogP contribution in [-0.4, -0.2) is 30.6 Å². The predicted molar refractivity (Wildman–Crippen MR) is 118 cm³/mol. The Labute approximate surface area is 205 Å². The van der Waals surface area contributed by atoms with E-state index in [4.69, 9.17) is 34.8 Å². The van der Waals surface area contributed by atoms with Crippen molar-refractivity contribution in [2.45, 2.75) is 31.1 Å². The number of alkyl halides is 6. The average Bonchev–Trinajstić information content (AvgIpc) is 2.68. The van der Waals surface area contributed by atoms with Gasteiger partial charge in [0.25, 0.3) is 0 Å². The molecule has 0 fully saturated rings. The van der Waals surface area contributed by atoms with Gasteiger partial charge in [0.2, 0.25) is 5.91 Å². The molecule has 0 aliphatic rings. The second-order valence-electron chi connectivity index (χ2n) is 7.14. The first-order chi connectivity index (χ1) is 15.7. The lowest BCUT2D eigenvalue weighted by Crippen LogP contribution is -2.33. The predicted octanol–water partition coefficient (Wildman–Crippen LogP) is 7.65. The number of amides is 1. The lowest BCUT2D eigenvalue weighted by atomic mass is 9.96. The van der Waals surface area contributed by atoms with E-state index in [1.165, 1.54) is 24.3 Å². The Morgan fingerprint density at radius 2 is 1.53 bits per heavy atom. The lowest BCUT2D eigenvalue weighted by Gasteiger charge is -2.18. The van der Waals surface area contributed by atoms with Crippen molar-refractivity contribution in [2.24, 2.45) is 0 Å². The molecule has 0 bridgehead atoms. The number of carbonyl (C=O) groups excluding carboxylic acids is 2. The molecule has 1 unspecified atom stereocenters. The Bertz CT molecular complexity index is 1060. The zero-order valence-corrected chi connectivity index (χ0v) is 19.3. The van der Waals surface area contributed by atoms with Gasteiger partial charge in [0.05, 0.1) is 10.9 Å². The van der Waals surface area contributed by atoms with Gasteiger partial charge in [-0.05, 0) is 41.5 Å². The Morgan fingerprint density at radius 1 is 0.912 bits per heavy atom. The van der Waals surface area contributed by atoms with E-state index in [2.05, 4.69) is 0 Å². The molecule has 1 N–H and O–H groups in total. The Hall–Kier alpha value is -2.23. The minimum Gasteiger partial charge on any atom is -0.347 e. The summed E-state index contributed by atoms with van der Waals surface area (Å²) in [5, 5.41) is 1.65. The van der Waals surface area contributed by atoms with Crippen LogP contribution in [0.15, 0.2) is 42.5 Å². The number of hydrogen-bond donors (Lipinski definition) is 1. The molecule has 2 aromatic carbocycles. The van der Waals surface area contributed by atoms with Gasteiger partial charge >= 0.3 is 12.4 Å². The van der Waals surface area contributed by atoms with Crippen LogP contribution in [0.2, 0.25) is 15.1 Å². The summed E-state index contributed by atoms with van der Waals surface area (Å²) in [6.45, 7) is -1.51. The topological polar surface area (TPSA) is 46.2 Å². The van der Waals surface area contributed by atoms with Gasteiger partial charge < -0.3 is 5.32 Å². The van der Waals surface area contributed by atoms with Gasteiger partial charge in [-0.3, -0.25) is 9.59 Å². The number of hydrogen-bond acceptors (Lipinski definition) is 2. The summed E-state index contributed by atoms with van der Waals surface area (Å²) in [6, 6.07) is 7.46. The van der Waals surface area contributed by atoms with Gasteiger partial charge in [-0.15, -0.1) is 0 Å². The lowest BCUT2D eigenvalue weighted by molar-refractivity contribution is -0.139. The summed E-state index contributed by atoms with van der Waals surface area (Å²) in [5.41, 5.74) is 0.0752. The van der Waals surface area contributed by atoms with Crippen LogP contribution >= 0.6 is 34.8 Å². The molecule has 1 amide bonds. The zero-order chi connectivity index (χ0) is 25.7. The molecule has 0 saturated carbocycles. The molecule has 0 radical (unpaired) electrons. The molecule has 0 aliphatic carbocycles. The van der Waals surface area contributed by atoms with Crippen LogP contribution in [0, 0.1) is 0 Å². The Morgan fingerprint density at radius 3 is 2.06 bits per heavy atom. The molecule has 2 aromatic rings. The highest BCUT2D eigenvalue weighted by atomic mass is 35.5. The van der Waals surface area contributed by atoms with Crippen molar-refractivity contribution < 1.29 is 35.9 Å². The van der Waals surface area contributed by atoms with Crippen LogP contribution in [0.1, 0.15) is 40.2 Å². The Kier molecular flexibility index (Phi) is 9.45. The maximum atomic E-state index is 13.6. The maximum absolute atomic E-state index is 13.6. The van der Waals surface area contributed by atoms with Gasteiger partial charge in [-0.2, -0.15) is 26.3 Å². The summed E-state index contributed by atoms with van der Waals surface area (Å²) in [6.07, 6.45) is -8.04. The fourth-order valence-electron chi connectivity index (χ4n) is 2.88. The van der Waals surface area contributed by atoms with Crippen LogP contribution in [-0.2, 0) is 4.79 Å². The largest absolute Gasteiger partial charge is 0.405 e. The van der Waals surface area contributed by atoms with Crippen molar-refractivity contribution in [1.29, 1.82) is 0 Å². The van der Waals surface area contributed by atoms with Crippen molar-refractivity contribution in [3.63, 3.8) is 0 Å². The molecule has 3 nitrogen and oxygen atoms in total. The first kappa shape index (κ1) is 28.0. The van der Waals surface area contributed by atoms with E-state index in [1.54, 1.807) is 5.32 Å². The van der Waals surface area contributed by atoms with Crippen molar-refractivity contribution >= 4 is 52.6 Å². The summed E-state index contributed by atoms with van der Waals surface area (Å²) in [7, 11) is 0. The molecular weight excluding hydrogens is 531 g/mol. The average molecular weight is 547 g/mol. The highest BCUT2D eigenvalue weighted by Gasteiger charge is 2.39. The minimum atomic E-state index is -4.64. The SMILES string of the molecule is O=C(CCC(=O)c1ccc(/C=C/C(c2cc(Cl)cc(Cl)c2)C(F)(F)F)cc1Cl)NCC(F)(F)F. The maximum Gasteiger partial charge on any atom is 0.405 e. The first-order valence-electron chi connectivity index (χ1n) is 9.53. The van der Waals surface area contributed by atoms with E-state index < -0.39 is 49.3 Å². The third kappa shape index (κ3) is 8.85. The second-order valence-corrected chi connectivity index (χ2v) is 8.42. The number of ketones is 1. The van der Waals surface area contributed by atoms with Gasteiger partial charge in [0.15, 0.2) is 5.78 Å². The van der Waals surface area contributed by atoms with E-state index in [0.29, 0.717) is 0 Å².